The van der Waals surface area contributed by atoms with Crippen molar-refractivity contribution in [2.75, 3.05) is 49.4 Å². The Hall–Kier alpha value is 0.450. The smallest absolute Gasteiger partial charge is 0.465 e. The van der Waals surface area contributed by atoms with Gasteiger partial charge in [0, 0.05) is 36.9 Å². The minimum absolute atomic E-state index is 0.0866. The molecule has 13 heteroatoms. The van der Waals surface area contributed by atoms with Crippen LogP contribution < -0.4 is 0 Å². The van der Waals surface area contributed by atoms with Gasteiger partial charge in [0.1, 0.15) is 13.2 Å². The second kappa shape index (κ2) is 16.6. The molecule has 0 heterocycles. The highest BCUT2D eigenvalue weighted by molar-refractivity contribution is 8.77. The van der Waals surface area contributed by atoms with E-state index >= 15 is 0 Å². The number of phosphoric acid groups is 1. The number of rotatable bonds is 16. The van der Waals surface area contributed by atoms with Gasteiger partial charge in [-0.25, -0.2) is 4.57 Å². The van der Waals surface area contributed by atoms with Gasteiger partial charge in [-0.1, -0.05) is 43.2 Å². The van der Waals surface area contributed by atoms with Crippen molar-refractivity contribution >= 4 is 62.9 Å². The van der Waals surface area contributed by atoms with E-state index in [-0.39, 0.29) is 25.2 Å². The fourth-order valence-electron chi connectivity index (χ4n) is 1.09. The van der Waals surface area contributed by atoms with Gasteiger partial charge in [0.25, 0.3) is 0 Å². The Morgan fingerprint density at radius 3 is 1.40 bits per heavy atom. The predicted molar refractivity (Wildman–Crippen MR) is 105 cm³/mol. The summed E-state index contributed by atoms with van der Waals surface area (Å²) in [6.07, 6.45) is 0. The first kappa shape index (κ1) is 25.4. The maximum absolute atomic E-state index is 11.6. The molecule has 0 aromatic rings. The van der Waals surface area contributed by atoms with Crippen LogP contribution in [0.25, 0.3) is 0 Å². The van der Waals surface area contributed by atoms with Crippen LogP contribution in [0.1, 0.15) is 13.8 Å². The van der Waals surface area contributed by atoms with Crippen LogP contribution in [0.4, 0.5) is 0 Å². The largest absolute Gasteiger partial charge is 0.472 e. The van der Waals surface area contributed by atoms with Gasteiger partial charge in [-0.05, 0) is 0 Å². The van der Waals surface area contributed by atoms with Crippen LogP contribution in [0.2, 0.25) is 0 Å². The summed E-state index contributed by atoms with van der Waals surface area (Å²) in [4.78, 5) is 30.6. The second-order valence-corrected chi connectivity index (χ2v) is 11.0. The van der Waals surface area contributed by atoms with E-state index in [0.29, 0.717) is 36.2 Å². The van der Waals surface area contributed by atoms with Crippen LogP contribution in [0.5, 0.6) is 0 Å². The Morgan fingerprint density at radius 2 is 1.08 bits per heavy atom. The third-order valence-electron chi connectivity index (χ3n) is 1.95. The summed E-state index contributed by atoms with van der Waals surface area (Å²) in [6.45, 7) is 3.56. The van der Waals surface area contributed by atoms with Crippen molar-refractivity contribution in [3.05, 3.63) is 0 Å². The molecule has 0 aliphatic carbocycles. The Morgan fingerprint density at radius 1 is 0.760 bits per heavy atom. The molecule has 0 aromatic heterocycles. The topological polar surface area (TPSA) is 108 Å². The van der Waals surface area contributed by atoms with Crippen molar-refractivity contribution in [3.63, 3.8) is 0 Å². The summed E-state index contributed by atoms with van der Waals surface area (Å²) < 4.78 is 30.8. The fraction of sp³-hybridized carbons (Fsp3) is 0.833. The van der Waals surface area contributed by atoms with E-state index in [0.717, 1.165) is 0 Å². The molecule has 0 aliphatic heterocycles. The molecule has 0 aliphatic rings. The highest BCUT2D eigenvalue weighted by Gasteiger charge is 2.20. The molecular formula is C12H23O8PS4. The lowest BCUT2D eigenvalue weighted by molar-refractivity contribution is -0.141. The first-order valence-electron chi connectivity index (χ1n) is 7.21. The summed E-state index contributed by atoms with van der Waals surface area (Å²) in [6, 6.07) is 0. The van der Waals surface area contributed by atoms with E-state index in [9.17, 15) is 19.0 Å². The Bertz CT molecular complexity index is 392. The number of phosphoric ester groups is 1. The maximum Gasteiger partial charge on any atom is 0.472 e. The summed E-state index contributed by atoms with van der Waals surface area (Å²) >= 11 is 0. The van der Waals surface area contributed by atoms with Gasteiger partial charge >= 0.3 is 19.8 Å². The van der Waals surface area contributed by atoms with Crippen LogP contribution in [0.15, 0.2) is 0 Å². The molecule has 25 heavy (non-hydrogen) atoms. The van der Waals surface area contributed by atoms with E-state index in [1.54, 1.807) is 0 Å². The SMILES string of the molecule is CC(=O)OCCSSCCOP(=O)(O)OCCSSCCOC(C)=O. The lowest BCUT2D eigenvalue weighted by Crippen LogP contribution is -2.03. The fourth-order valence-corrected chi connectivity index (χ4v) is 5.36. The van der Waals surface area contributed by atoms with E-state index < -0.39 is 7.82 Å². The van der Waals surface area contributed by atoms with Crippen LogP contribution in [-0.4, -0.2) is 66.3 Å². The molecule has 1 N–H and O–H groups in total. The molecule has 0 atom stereocenters. The van der Waals surface area contributed by atoms with Crippen molar-refractivity contribution in [2.24, 2.45) is 0 Å². The van der Waals surface area contributed by atoms with Gasteiger partial charge in [-0.3, -0.25) is 18.6 Å². The molecule has 0 saturated heterocycles. The van der Waals surface area contributed by atoms with Gasteiger partial charge < -0.3 is 14.4 Å². The Balaban J connectivity index is 3.42. The minimum atomic E-state index is -4.03. The van der Waals surface area contributed by atoms with Crippen LogP contribution in [0.3, 0.4) is 0 Å². The zero-order valence-electron chi connectivity index (χ0n) is 14.0. The normalized spacial score (nSPS) is 11.3. The van der Waals surface area contributed by atoms with Gasteiger partial charge in [-0.2, -0.15) is 0 Å². The first-order valence-corrected chi connectivity index (χ1v) is 13.7. The molecule has 8 nitrogen and oxygen atoms in total. The Labute approximate surface area is 163 Å². The molecule has 0 spiro atoms. The molecule has 148 valence electrons. The average Bonchev–Trinajstić information content (AvgIpc) is 2.51. The third-order valence-corrected chi connectivity index (χ3v) is 7.64. The minimum Gasteiger partial charge on any atom is -0.465 e. The summed E-state index contributed by atoms with van der Waals surface area (Å²) in [7, 11) is 1.86. The molecule has 0 aromatic carbocycles. The van der Waals surface area contributed by atoms with Gasteiger partial charge in [0.15, 0.2) is 0 Å². The average molecular weight is 455 g/mol. The van der Waals surface area contributed by atoms with Gasteiger partial charge in [0.2, 0.25) is 0 Å². The number of esters is 2. The maximum atomic E-state index is 11.6. The van der Waals surface area contributed by atoms with E-state index in [1.807, 2.05) is 0 Å². The molecule has 0 rings (SSSR count). The Kier molecular flexibility index (Phi) is 16.9. The van der Waals surface area contributed by atoms with E-state index in [4.69, 9.17) is 18.5 Å². The quantitative estimate of drug-likeness (QED) is 0.160. The molecule has 0 radical (unpaired) electrons. The second-order valence-electron chi connectivity index (χ2n) is 4.10. The summed E-state index contributed by atoms with van der Waals surface area (Å²) in [5.41, 5.74) is 0. The molecule has 0 amide bonds. The molecule has 0 saturated carbocycles. The van der Waals surface area contributed by atoms with Crippen LogP contribution in [-0.2, 0) is 32.7 Å². The van der Waals surface area contributed by atoms with Crippen molar-refractivity contribution in [2.45, 2.75) is 13.8 Å². The van der Waals surface area contributed by atoms with Crippen molar-refractivity contribution in [3.8, 4) is 0 Å². The number of hydrogen-bond donors (Lipinski definition) is 1. The standard InChI is InChI=1S/C12H23O8PS4/c1-11(13)17-3-7-22-24-9-5-19-21(15,16)20-6-10-25-23-8-4-18-12(2)14/h3-10H2,1-2H3,(H,15,16). The first-order chi connectivity index (χ1) is 11.8. The van der Waals surface area contributed by atoms with Crippen molar-refractivity contribution in [1.82, 2.24) is 0 Å². The molecular weight excluding hydrogens is 431 g/mol. The van der Waals surface area contributed by atoms with E-state index in [2.05, 4.69) is 0 Å². The highest BCUT2D eigenvalue weighted by atomic mass is 33.1. The number of ether oxygens (including phenoxy) is 2. The monoisotopic (exact) mass is 454 g/mol. The van der Waals surface area contributed by atoms with Gasteiger partial charge in [-0.15, -0.1) is 0 Å². The number of hydrogen-bond acceptors (Lipinski definition) is 11. The summed E-state index contributed by atoms with van der Waals surface area (Å²) in [5.74, 6) is 1.69. The molecule has 0 fully saturated rings. The lowest BCUT2D eigenvalue weighted by Gasteiger charge is -2.11. The van der Waals surface area contributed by atoms with Crippen molar-refractivity contribution < 1.29 is 37.6 Å². The lowest BCUT2D eigenvalue weighted by atomic mass is 10.8. The zero-order chi connectivity index (χ0) is 19.0. The number of carbonyl (C=O) groups is 2. The molecule has 0 unspecified atom stereocenters. The highest BCUT2D eigenvalue weighted by Crippen LogP contribution is 2.43. The van der Waals surface area contributed by atoms with Crippen LogP contribution in [0, 0.1) is 0 Å². The number of carbonyl (C=O) groups excluding carboxylic acids is 2. The molecule has 0 bridgehead atoms. The third kappa shape index (κ3) is 20.6. The van der Waals surface area contributed by atoms with Crippen LogP contribution >= 0.6 is 51.0 Å². The van der Waals surface area contributed by atoms with Crippen molar-refractivity contribution in [1.29, 1.82) is 0 Å². The summed E-state index contributed by atoms with van der Waals surface area (Å²) in [5, 5.41) is 0. The van der Waals surface area contributed by atoms with E-state index in [1.165, 1.54) is 57.0 Å². The van der Waals surface area contributed by atoms with Gasteiger partial charge in [0.05, 0.1) is 13.2 Å². The predicted octanol–water partition coefficient (Wildman–Crippen LogP) is 3.01. The zero-order valence-corrected chi connectivity index (χ0v) is 18.2.